The first-order valence-electron chi connectivity index (χ1n) is 8.16. The zero-order valence-corrected chi connectivity index (χ0v) is 16.5. The van der Waals surface area contributed by atoms with Crippen molar-refractivity contribution in [1.82, 2.24) is 9.97 Å². The van der Waals surface area contributed by atoms with Crippen molar-refractivity contribution in [3.63, 3.8) is 0 Å². The van der Waals surface area contributed by atoms with Gasteiger partial charge in [0.15, 0.2) is 5.16 Å². The Hall–Kier alpha value is -2.24. The molecule has 26 heavy (non-hydrogen) atoms. The molecule has 0 aliphatic carbocycles. The SMILES string of the molecule is COc1ccc(Cc2c(Cl)nc(SC)nc2Nc2ccccc2C)cc1. The predicted molar refractivity (Wildman–Crippen MR) is 109 cm³/mol. The minimum absolute atomic E-state index is 0.469. The van der Waals surface area contributed by atoms with Gasteiger partial charge in [-0.25, -0.2) is 9.97 Å². The van der Waals surface area contributed by atoms with Crippen LogP contribution in [0.2, 0.25) is 5.15 Å². The molecule has 1 aromatic heterocycles. The quantitative estimate of drug-likeness (QED) is 0.344. The number of aryl methyl sites for hydroxylation is 1. The number of aromatic nitrogens is 2. The lowest BCUT2D eigenvalue weighted by atomic mass is 10.1. The number of nitrogens with one attached hydrogen (secondary N) is 1. The molecule has 0 fully saturated rings. The van der Waals surface area contributed by atoms with E-state index in [-0.39, 0.29) is 0 Å². The van der Waals surface area contributed by atoms with Gasteiger partial charge in [-0.1, -0.05) is 53.7 Å². The van der Waals surface area contributed by atoms with Gasteiger partial charge in [0.2, 0.25) is 0 Å². The maximum Gasteiger partial charge on any atom is 0.190 e. The zero-order chi connectivity index (χ0) is 18.5. The van der Waals surface area contributed by atoms with Crippen LogP contribution in [0.25, 0.3) is 0 Å². The molecule has 0 saturated carbocycles. The Morgan fingerprint density at radius 2 is 1.81 bits per heavy atom. The Morgan fingerprint density at radius 1 is 1.08 bits per heavy atom. The van der Waals surface area contributed by atoms with E-state index >= 15 is 0 Å². The van der Waals surface area contributed by atoms with Crippen LogP contribution in [0.4, 0.5) is 11.5 Å². The van der Waals surface area contributed by atoms with E-state index in [1.807, 2.05) is 48.7 Å². The van der Waals surface area contributed by atoms with Crippen molar-refractivity contribution in [3.8, 4) is 5.75 Å². The summed E-state index contributed by atoms with van der Waals surface area (Å²) in [6.07, 6.45) is 2.57. The van der Waals surface area contributed by atoms with Crippen molar-refractivity contribution in [2.75, 3.05) is 18.7 Å². The van der Waals surface area contributed by atoms with E-state index < -0.39 is 0 Å². The Bertz CT molecular complexity index is 900. The molecule has 0 aliphatic rings. The second-order valence-corrected chi connectivity index (χ2v) is 6.92. The summed E-state index contributed by atoms with van der Waals surface area (Å²) in [6.45, 7) is 2.06. The summed E-state index contributed by atoms with van der Waals surface area (Å²) < 4.78 is 5.22. The van der Waals surface area contributed by atoms with Crippen LogP contribution >= 0.6 is 23.4 Å². The number of para-hydroxylation sites is 1. The molecule has 134 valence electrons. The lowest BCUT2D eigenvalue weighted by Gasteiger charge is -2.15. The number of hydrogen-bond acceptors (Lipinski definition) is 5. The third-order valence-electron chi connectivity index (χ3n) is 4.06. The molecule has 0 amide bonds. The van der Waals surface area contributed by atoms with Crippen molar-refractivity contribution in [2.45, 2.75) is 18.5 Å². The van der Waals surface area contributed by atoms with Crippen molar-refractivity contribution in [3.05, 3.63) is 70.4 Å². The summed E-state index contributed by atoms with van der Waals surface area (Å²) in [5.41, 5.74) is 4.13. The van der Waals surface area contributed by atoms with Crippen molar-refractivity contribution in [2.24, 2.45) is 0 Å². The monoisotopic (exact) mass is 385 g/mol. The first-order chi connectivity index (χ1) is 12.6. The van der Waals surface area contributed by atoms with E-state index in [1.165, 1.54) is 11.8 Å². The second-order valence-electron chi connectivity index (χ2n) is 5.79. The van der Waals surface area contributed by atoms with E-state index in [2.05, 4.69) is 28.3 Å². The number of thioether (sulfide) groups is 1. The Morgan fingerprint density at radius 3 is 2.46 bits per heavy atom. The lowest BCUT2D eigenvalue weighted by molar-refractivity contribution is 0.414. The van der Waals surface area contributed by atoms with E-state index in [1.54, 1.807) is 7.11 Å². The lowest BCUT2D eigenvalue weighted by Crippen LogP contribution is -2.05. The molecule has 0 spiro atoms. The second kappa shape index (κ2) is 8.43. The summed E-state index contributed by atoms with van der Waals surface area (Å²) in [6, 6.07) is 16.0. The van der Waals surface area contributed by atoms with Gasteiger partial charge in [-0.05, 0) is 42.5 Å². The van der Waals surface area contributed by atoms with Gasteiger partial charge in [0.1, 0.15) is 16.7 Å². The molecule has 4 nitrogen and oxygen atoms in total. The van der Waals surface area contributed by atoms with Crippen LogP contribution in [-0.2, 0) is 6.42 Å². The minimum Gasteiger partial charge on any atom is -0.497 e. The smallest absolute Gasteiger partial charge is 0.190 e. The van der Waals surface area contributed by atoms with E-state index in [4.69, 9.17) is 16.3 Å². The summed E-state index contributed by atoms with van der Waals surface area (Å²) >= 11 is 7.97. The standard InChI is InChI=1S/C20H20ClN3OS/c1-13-6-4-5-7-17(13)22-19-16(18(21)23-20(24-19)26-3)12-14-8-10-15(25-2)11-9-14/h4-11H,12H2,1-3H3,(H,22,23,24). The molecule has 6 heteroatoms. The molecular weight excluding hydrogens is 366 g/mol. The van der Waals surface area contributed by atoms with Gasteiger partial charge in [-0.2, -0.15) is 0 Å². The average Bonchev–Trinajstić information content (AvgIpc) is 2.66. The third-order valence-corrected chi connectivity index (χ3v) is 4.92. The number of rotatable bonds is 6. The number of ether oxygens (including phenoxy) is 1. The van der Waals surface area contributed by atoms with Crippen molar-refractivity contribution in [1.29, 1.82) is 0 Å². The molecule has 0 saturated heterocycles. The fourth-order valence-corrected chi connectivity index (χ4v) is 3.23. The van der Waals surface area contributed by atoms with Crippen molar-refractivity contribution >= 4 is 34.9 Å². The number of hydrogen-bond donors (Lipinski definition) is 1. The van der Waals surface area contributed by atoms with Crippen LogP contribution in [0.1, 0.15) is 16.7 Å². The van der Waals surface area contributed by atoms with Gasteiger partial charge in [0.25, 0.3) is 0 Å². The van der Waals surface area contributed by atoms with Crippen LogP contribution in [0.5, 0.6) is 5.75 Å². The molecule has 1 heterocycles. The van der Waals surface area contributed by atoms with Gasteiger partial charge in [0.05, 0.1) is 7.11 Å². The number of halogens is 1. The van der Waals surface area contributed by atoms with Gasteiger partial charge in [-0.3, -0.25) is 0 Å². The fourth-order valence-electron chi connectivity index (χ4n) is 2.58. The fraction of sp³-hybridized carbons (Fsp3) is 0.200. The van der Waals surface area contributed by atoms with Gasteiger partial charge < -0.3 is 10.1 Å². The average molecular weight is 386 g/mol. The normalized spacial score (nSPS) is 10.6. The van der Waals surface area contributed by atoms with Gasteiger partial charge in [0, 0.05) is 17.7 Å². The summed E-state index contributed by atoms with van der Waals surface area (Å²) in [5, 5.41) is 4.54. The highest BCUT2D eigenvalue weighted by Gasteiger charge is 2.15. The molecule has 3 aromatic rings. The molecule has 0 radical (unpaired) electrons. The van der Waals surface area contributed by atoms with Crippen LogP contribution < -0.4 is 10.1 Å². The molecule has 0 aliphatic heterocycles. The molecular formula is C20H20ClN3OS. The molecule has 2 aromatic carbocycles. The Labute approximate surface area is 163 Å². The Kier molecular flexibility index (Phi) is 6.01. The number of anilines is 2. The predicted octanol–water partition coefficient (Wildman–Crippen LogP) is 5.50. The molecule has 0 atom stereocenters. The van der Waals surface area contributed by atoms with E-state index in [0.29, 0.717) is 16.7 Å². The van der Waals surface area contributed by atoms with E-state index in [0.717, 1.165) is 33.9 Å². The minimum atomic E-state index is 0.469. The third kappa shape index (κ3) is 4.29. The highest BCUT2D eigenvalue weighted by atomic mass is 35.5. The van der Waals surface area contributed by atoms with Gasteiger partial charge >= 0.3 is 0 Å². The summed E-state index contributed by atoms with van der Waals surface area (Å²) in [4.78, 5) is 9.05. The molecule has 0 unspecified atom stereocenters. The molecule has 1 N–H and O–H groups in total. The summed E-state index contributed by atoms with van der Waals surface area (Å²) in [5.74, 6) is 1.56. The maximum atomic E-state index is 6.50. The number of methoxy groups -OCH3 is 1. The van der Waals surface area contributed by atoms with Crippen LogP contribution in [0, 0.1) is 6.92 Å². The van der Waals surface area contributed by atoms with Crippen molar-refractivity contribution < 1.29 is 4.74 Å². The first kappa shape index (κ1) is 18.5. The molecule has 3 rings (SSSR count). The number of benzene rings is 2. The van der Waals surface area contributed by atoms with E-state index in [9.17, 15) is 0 Å². The maximum absolute atomic E-state index is 6.50. The first-order valence-corrected chi connectivity index (χ1v) is 9.77. The largest absolute Gasteiger partial charge is 0.497 e. The Balaban J connectivity index is 1.98. The highest BCUT2D eigenvalue weighted by Crippen LogP contribution is 2.30. The van der Waals surface area contributed by atoms with Crippen LogP contribution in [0.15, 0.2) is 53.7 Å². The van der Waals surface area contributed by atoms with Gasteiger partial charge in [-0.15, -0.1) is 0 Å². The highest BCUT2D eigenvalue weighted by molar-refractivity contribution is 7.98. The summed E-state index contributed by atoms with van der Waals surface area (Å²) in [7, 11) is 1.66. The molecule has 0 bridgehead atoms. The number of nitrogens with zero attached hydrogens (tertiary/aromatic N) is 2. The zero-order valence-electron chi connectivity index (χ0n) is 14.9. The topological polar surface area (TPSA) is 47.0 Å². The van der Waals surface area contributed by atoms with Crippen LogP contribution in [0.3, 0.4) is 0 Å². The van der Waals surface area contributed by atoms with Crippen LogP contribution in [-0.4, -0.2) is 23.3 Å².